The Balaban J connectivity index is 1.77. The fourth-order valence-corrected chi connectivity index (χ4v) is 2.97. The van der Waals surface area contributed by atoms with Crippen LogP contribution in [0.1, 0.15) is 39.7 Å². The lowest BCUT2D eigenvalue weighted by atomic mass is 9.88. The van der Waals surface area contributed by atoms with E-state index in [1.807, 2.05) is 17.2 Å². The van der Waals surface area contributed by atoms with Gasteiger partial charge in [-0.3, -0.25) is 4.98 Å². The Kier molecular flexibility index (Phi) is 6.21. The van der Waals surface area contributed by atoms with E-state index in [0.29, 0.717) is 5.92 Å². The minimum Gasteiger partial charge on any atom is -0.335 e. The van der Waals surface area contributed by atoms with Gasteiger partial charge in [0.2, 0.25) is 0 Å². The number of carbonyl (C=O) groups excluding carboxylic acids is 1. The van der Waals surface area contributed by atoms with Crippen LogP contribution < -0.4 is 5.32 Å². The SMILES string of the molecule is C[C@@H](NC(=O)N1CC[C@H](CN(C)Cc2cccnc2)C1)C(C)(C)C. The maximum atomic E-state index is 12.4. The molecule has 2 rings (SSSR count). The minimum absolute atomic E-state index is 0.0786. The summed E-state index contributed by atoms with van der Waals surface area (Å²) in [5.41, 5.74) is 1.31. The molecule has 1 aromatic heterocycles. The highest BCUT2D eigenvalue weighted by Crippen LogP contribution is 2.21. The maximum absolute atomic E-state index is 12.4. The molecule has 1 fully saturated rings. The third-order valence-electron chi connectivity index (χ3n) is 4.96. The smallest absolute Gasteiger partial charge is 0.317 e. The highest BCUT2D eigenvalue weighted by molar-refractivity contribution is 5.74. The summed E-state index contributed by atoms with van der Waals surface area (Å²) in [6.07, 6.45) is 4.79. The number of aromatic nitrogens is 1. The lowest BCUT2D eigenvalue weighted by molar-refractivity contribution is 0.188. The molecule has 0 aliphatic carbocycles. The van der Waals surface area contributed by atoms with Gasteiger partial charge in [-0.1, -0.05) is 26.8 Å². The minimum atomic E-state index is 0.0786. The summed E-state index contributed by atoms with van der Waals surface area (Å²) in [4.78, 5) is 20.9. The Hall–Kier alpha value is -1.62. The van der Waals surface area contributed by atoms with Gasteiger partial charge in [0.25, 0.3) is 0 Å². The van der Waals surface area contributed by atoms with E-state index in [2.05, 4.69) is 56.0 Å². The molecule has 0 unspecified atom stereocenters. The van der Waals surface area contributed by atoms with Crippen molar-refractivity contribution < 1.29 is 4.79 Å². The van der Waals surface area contributed by atoms with Crippen LogP contribution in [0.4, 0.5) is 4.79 Å². The normalized spacial score (nSPS) is 19.6. The second-order valence-corrected chi connectivity index (χ2v) is 8.20. The van der Waals surface area contributed by atoms with E-state index in [4.69, 9.17) is 0 Å². The summed E-state index contributed by atoms with van der Waals surface area (Å²) in [7, 11) is 2.14. The Labute approximate surface area is 146 Å². The van der Waals surface area contributed by atoms with E-state index in [-0.39, 0.29) is 17.5 Å². The number of likely N-dealkylation sites (tertiary alicyclic amines) is 1. The summed E-state index contributed by atoms with van der Waals surface area (Å²) >= 11 is 0. The molecule has 24 heavy (non-hydrogen) atoms. The van der Waals surface area contributed by atoms with Gasteiger partial charge in [0.15, 0.2) is 0 Å². The van der Waals surface area contributed by atoms with E-state index < -0.39 is 0 Å². The predicted molar refractivity (Wildman–Crippen MR) is 97.7 cm³/mol. The van der Waals surface area contributed by atoms with Crippen molar-refractivity contribution in [3.63, 3.8) is 0 Å². The van der Waals surface area contributed by atoms with Gasteiger partial charge in [-0.2, -0.15) is 0 Å². The van der Waals surface area contributed by atoms with Crippen LogP contribution in [0.3, 0.4) is 0 Å². The first kappa shape index (κ1) is 18.7. The van der Waals surface area contributed by atoms with Gasteiger partial charge in [-0.15, -0.1) is 0 Å². The maximum Gasteiger partial charge on any atom is 0.317 e. The second-order valence-electron chi connectivity index (χ2n) is 8.20. The number of hydrogen-bond acceptors (Lipinski definition) is 3. The molecule has 1 aliphatic heterocycles. The van der Waals surface area contributed by atoms with Crippen molar-refractivity contribution in [3.8, 4) is 0 Å². The van der Waals surface area contributed by atoms with Crippen molar-refractivity contribution in [2.24, 2.45) is 11.3 Å². The molecule has 0 bridgehead atoms. The highest BCUT2D eigenvalue weighted by Gasteiger charge is 2.29. The highest BCUT2D eigenvalue weighted by atomic mass is 16.2. The summed E-state index contributed by atoms with van der Waals surface area (Å²) in [6.45, 7) is 12.1. The van der Waals surface area contributed by atoms with Gasteiger partial charge in [-0.25, -0.2) is 4.79 Å². The first-order valence-electron chi connectivity index (χ1n) is 8.88. The van der Waals surface area contributed by atoms with Crippen molar-refractivity contribution >= 4 is 6.03 Å². The van der Waals surface area contributed by atoms with Gasteiger partial charge >= 0.3 is 6.03 Å². The fourth-order valence-electron chi connectivity index (χ4n) is 2.97. The number of pyridine rings is 1. The Morgan fingerprint density at radius 3 is 2.88 bits per heavy atom. The molecule has 5 nitrogen and oxygen atoms in total. The average molecular weight is 332 g/mol. The van der Waals surface area contributed by atoms with Crippen molar-refractivity contribution in [2.75, 3.05) is 26.7 Å². The summed E-state index contributed by atoms with van der Waals surface area (Å²) in [6, 6.07) is 4.32. The molecular formula is C19H32N4O. The molecule has 0 aromatic carbocycles. The molecule has 1 aromatic rings. The lowest BCUT2D eigenvalue weighted by Crippen LogP contribution is -2.47. The van der Waals surface area contributed by atoms with Gasteiger partial charge in [-0.05, 0) is 43.4 Å². The van der Waals surface area contributed by atoms with E-state index in [1.165, 1.54) is 5.56 Å². The van der Waals surface area contributed by atoms with Crippen LogP contribution in [-0.2, 0) is 6.54 Å². The standard InChI is InChI=1S/C19H32N4O/c1-15(19(2,3)4)21-18(24)23-10-8-17(14-23)13-22(5)12-16-7-6-9-20-11-16/h6-7,9,11,15,17H,8,10,12-14H2,1-5H3,(H,21,24)/t15-,17-/m1/s1. The zero-order chi connectivity index (χ0) is 17.7. The van der Waals surface area contributed by atoms with Crippen LogP contribution in [0.2, 0.25) is 0 Å². The third-order valence-corrected chi connectivity index (χ3v) is 4.96. The number of nitrogens with one attached hydrogen (secondary N) is 1. The lowest BCUT2D eigenvalue weighted by Gasteiger charge is -2.30. The molecule has 0 saturated carbocycles. The topological polar surface area (TPSA) is 48.5 Å². The zero-order valence-electron chi connectivity index (χ0n) is 15.7. The molecule has 2 heterocycles. The Bertz CT molecular complexity index is 526. The van der Waals surface area contributed by atoms with E-state index in [0.717, 1.165) is 32.6 Å². The number of carbonyl (C=O) groups is 1. The number of hydrogen-bond donors (Lipinski definition) is 1. The van der Waals surface area contributed by atoms with Gasteiger partial charge < -0.3 is 15.1 Å². The summed E-state index contributed by atoms with van der Waals surface area (Å²) in [5, 5.41) is 3.14. The number of nitrogens with zero attached hydrogens (tertiary/aromatic N) is 3. The Morgan fingerprint density at radius 2 is 2.25 bits per heavy atom. The van der Waals surface area contributed by atoms with Crippen LogP contribution in [0.5, 0.6) is 0 Å². The van der Waals surface area contributed by atoms with Crippen molar-refractivity contribution in [2.45, 2.75) is 46.7 Å². The first-order chi connectivity index (χ1) is 11.3. The zero-order valence-corrected chi connectivity index (χ0v) is 15.7. The third kappa shape index (κ3) is 5.48. The number of rotatable bonds is 5. The average Bonchev–Trinajstić information content (AvgIpc) is 2.95. The fraction of sp³-hybridized carbons (Fsp3) is 0.684. The van der Waals surface area contributed by atoms with Gasteiger partial charge in [0.05, 0.1) is 0 Å². The molecule has 2 atom stereocenters. The monoisotopic (exact) mass is 332 g/mol. The van der Waals surface area contributed by atoms with Crippen LogP contribution in [0.25, 0.3) is 0 Å². The number of amides is 2. The van der Waals surface area contributed by atoms with Crippen molar-refractivity contribution in [1.29, 1.82) is 0 Å². The molecule has 1 saturated heterocycles. The molecule has 5 heteroatoms. The van der Waals surface area contributed by atoms with E-state index in [1.54, 1.807) is 6.20 Å². The second kappa shape index (κ2) is 7.97. The van der Waals surface area contributed by atoms with Crippen molar-refractivity contribution in [3.05, 3.63) is 30.1 Å². The molecule has 0 radical (unpaired) electrons. The largest absolute Gasteiger partial charge is 0.335 e. The molecular weight excluding hydrogens is 300 g/mol. The quantitative estimate of drug-likeness (QED) is 0.902. The molecule has 1 aliphatic rings. The summed E-state index contributed by atoms with van der Waals surface area (Å²) in [5.74, 6) is 0.544. The van der Waals surface area contributed by atoms with Crippen LogP contribution in [0.15, 0.2) is 24.5 Å². The van der Waals surface area contributed by atoms with E-state index >= 15 is 0 Å². The van der Waals surface area contributed by atoms with Crippen LogP contribution in [0, 0.1) is 11.3 Å². The molecule has 2 amide bonds. The molecule has 0 spiro atoms. The molecule has 134 valence electrons. The van der Waals surface area contributed by atoms with Crippen LogP contribution >= 0.6 is 0 Å². The van der Waals surface area contributed by atoms with Gasteiger partial charge in [0, 0.05) is 44.6 Å². The van der Waals surface area contributed by atoms with Crippen LogP contribution in [-0.4, -0.2) is 53.5 Å². The molecule has 1 N–H and O–H groups in total. The predicted octanol–water partition coefficient (Wildman–Crippen LogP) is 2.98. The van der Waals surface area contributed by atoms with E-state index in [9.17, 15) is 4.79 Å². The Morgan fingerprint density at radius 1 is 1.50 bits per heavy atom. The number of urea groups is 1. The van der Waals surface area contributed by atoms with Gasteiger partial charge in [0.1, 0.15) is 0 Å². The first-order valence-corrected chi connectivity index (χ1v) is 8.88. The van der Waals surface area contributed by atoms with Crippen molar-refractivity contribution in [1.82, 2.24) is 20.1 Å². The summed E-state index contributed by atoms with van der Waals surface area (Å²) < 4.78 is 0.